The minimum atomic E-state index is -0.632. The van der Waals surface area contributed by atoms with Crippen molar-refractivity contribution in [2.24, 2.45) is 0 Å². The van der Waals surface area contributed by atoms with Crippen LogP contribution in [0.25, 0.3) is 11.0 Å². The molecule has 2 heterocycles. The van der Waals surface area contributed by atoms with Crippen LogP contribution < -0.4 is 10.2 Å². The summed E-state index contributed by atoms with van der Waals surface area (Å²) < 4.78 is 11.4. The van der Waals surface area contributed by atoms with Gasteiger partial charge in [0.15, 0.2) is 5.43 Å². The standard InChI is InChI=1S/C28H23Cl2NO4/c1-15-12-16(2)26-20(13-15)25(32)23-24(18-6-9-21(29)22(30)14-18)31(28(33)27(23)35-26)11-10-17-4-7-19(34-3)8-5-17/h4-9,12-14,24H,10-11H2,1-3H3/t24-/m0/s1. The van der Waals surface area contributed by atoms with E-state index in [4.69, 9.17) is 32.4 Å². The molecule has 0 saturated carbocycles. The van der Waals surface area contributed by atoms with Gasteiger partial charge in [0.1, 0.15) is 11.3 Å². The van der Waals surface area contributed by atoms with E-state index in [-0.39, 0.29) is 17.1 Å². The topological polar surface area (TPSA) is 59.8 Å². The van der Waals surface area contributed by atoms with Crippen LogP contribution in [0.2, 0.25) is 10.0 Å². The Hall–Kier alpha value is -3.28. The third kappa shape index (κ3) is 4.09. The Morgan fingerprint density at radius 1 is 0.971 bits per heavy atom. The van der Waals surface area contributed by atoms with Gasteiger partial charge in [0.2, 0.25) is 5.76 Å². The highest BCUT2D eigenvalue weighted by molar-refractivity contribution is 6.42. The second kappa shape index (κ2) is 9.06. The number of rotatable bonds is 5. The first-order valence-electron chi connectivity index (χ1n) is 11.2. The Kier molecular flexibility index (Phi) is 6.07. The summed E-state index contributed by atoms with van der Waals surface area (Å²) in [4.78, 5) is 29.1. The summed E-state index contributed by atoms with van der Waals surface area (Å²) in [6.07, 6.45) is 0.591. The van der Waals surface area contributed by atoms with Gasteiger partial charge in [-0.15, -0.1) is 0 Å². The van der Waals surface area contributed by atoms with Crippen molar-refractivity contribution in [1.29, 1.82) is 0 Å². The maximum Gasteiger partial charge on any atom is 0.290 e. The summed E-state index contributed by atoms with van der Waals surface area (Å²) in [5, 5.41) is 1.23. The van der Waals surface area contributed by atoms with E-state index < -0.39 is 6.04 Å². The van der Waals surface area contributed by atoms with E-state index in [1.54, 1.807) is 30.2 Å². The van der Waals surface area contributed by atoms with Crippen molar-refractivity contribution in [2.75, 3.05) is 13.7 Å². The molecule has 0 spiro atoms. The highest BCUT2D eigenvalue weighted by atomic mass is 35.5. The number of aryl methyl sites for hydroxylation is 2. The number of hydrogen-bond acceptors (Lipinski definition) is 4. The Morgan fingerprint density at radius 3 is 2.40 bits per heavy atom. The van der Waals surface area contributed by atoms with Crippen LogP contribution in [0.5, 0.6) is 5.75 Å². The highest BCUT2D eigenvalue weighted by Gasteiger charge is 2.42. The number of amides is 1. The first kappa shape index (κ1) is 23.5. The van der Waals surface area contributed by atoms with Gasteiger partial charge >= 0.3 is 0 Å². The van der Waals surface area contributed by atoms with Gasteiger partial charge in [-0.3, -0.25) is 9.59 Å². The third-order valence-electron chi connectivity index (χ3n) is 6.46. The normalized spacial score (nSPS) is 15.1. The number of ether oxygens (including phenoxy) is 1. The van der Waals surface area contributed by atoms with Crippen molar-refractivity contribution < 1.29 is 13.9 Å². The predicted octanol–water partition coefficient (Wildman–Crippen LogP) is 6.51. The van der Waals surface area contributed by atoms with Gasteiger partial charge < -0.3 is 14.1 Å². The zero-order valence-corrected chi connectivity index (χ0v) is 21.0. The van der Waals surface area contributed by atoms with Crippen molar-refractivity contribution in [3.8, 4) is 5.75 Å². The molecule has 3 aromatic carbocycles. The number of fused-ring (bicyclic) bond motifs is 2. The van der Waals surface area contributed by atoms with Crippen LogP contribution in [-0.2, 0) is 6.42 Å². The molecule has 1 aromatic heterocycles. The fourth-order valence-corrected chi connectivity index (χ4v) is 5.08. The molecule has 4 aromatic rings. The van der Waals surface area contributed by atoms with Gasteiger partial charge in [0.25, 0.3) is 5.91 Å². The van der Waals surface area contributed by atoms with Crippen molar-refractivity contribution in [3.05, 3.63) is 108 Å². The maximum absolute atomic E-state index is 13.8. The Bertz CT molecular complexity index is 1530. The molecular weight excluding hydrogens is 485 g/mol. The van der Waals surface area contributed by atoms with Crippen LogP contribution in [0.3, 0.4) is 0 Å². The van der Waals surface area contributed by atoms with Gasteiger partial charge in [-0.2, -0.15) is 0 Å². The highest BCUT2D eigenvalue weighted by Crippen LogP contribution is 2.40. The van der Waals surface area contributed by atoms with Gasteiger partial charge in [-0.1, -0.05) is 47.5 Å². The van der Waals surface area contributed by atoms with E-state index in [1.165, 1.54) is 0 Å². The Labute approximate surface area is 212 Å². The number of nitrogens with zero attached hydrogens (tertiary/aromatic N) is 1. The SMILES string of the molecule is COc1ccc(CCN2C(=O)c3oc4c(C)cc(C)cc4c(=O)c3[C@@H]2c2ccc(Cl)c(Cl)c2)cc1. The van der Waals surface area contributed by atoms with Crippen LogP contribution >= 0.6 is 23.2 Å². The molecular formula is C28H23Cl2NO4. The van der Waals surface area contributed by atoms with Crippen LogP contribution in [0, 0.1) is 13.8 Å². The first-order chi connectivity index (χ1) is 16.8. The molecule has 7 heteroatoms. The molecule has 1 atom stereocenters. The molecule has 0 unspecified atom stereocenters. The van der Waals surface area contributed by atoms with E-state index >= 15 is 0 Å². The molecule has 1 aliphatic heterocycles. The van der Waals surface area contributed by atoms with E-state index in [0.29, 0.717) is 45.1 Å². The molecule has 35 heavy (non-hydrogen) atoms. The first-order valence-corrected chi connectivity index (χ1v) is 12.0. The monoisotopic (exact) mass is 507 g/mol. The third-order valence-corrected chi connectivity index (χ3v) is 7.20. The van der Waals surface area contributed by atoms with Gasteiger partial charge in [0, 0.05) is 6.54 Å². The largest absolute Gasteiger partial charge is 0.497 e. The van der Waals surface area contributed by atoms with Gasteiger partial charge in [0.05, 0.1) is 34.1 Å². The van der Waals surface area contributed by atoms with Crippen molar-refractivity contribution >= 4 is 40.1 Å². The number of benzene rings is 3. The molecule has 1 amide bonds. The average molecular weight is 508 g/mol. The zero-order chi connectivity index (χ0) is 24.9. The molecule has 5 rings (SSSR count). The molecule has 0 fully saturated rings. The van der Waals surface area contributed by atoms with E-state index in [1.807, 2.05) is 50.2 Å². The number of hydrogen-bond donors (Lipinski definition) is 0. The smallest absolute Gasteiger partial charge is 0.290 e. The van der Waals surface area contributed by atoms with Gasteiger partial charge in [-0.05, 0) is 72.9 Å². The Morgan fingerprint density at radius 2 is 1.71 bits per heavy atom. The maximum atomic E-state index is 13.8. The predicted molar refractivity (Wildman–Crippen MR) is 138 cm³/mol. The summed E-state index contributed by atoms with van der Waals surface area (Å²) in [7, 11) is 1.62. The second-order valence-electron chi connectivity index (χ2n) is 8.81. The van der Waals surface area contributed by atoms with Crippen LogP contribution in [0.4, 0.5) is 0 Å². The van der Waals surface area contributed by atoms with E-state index in [9.17, 15) is 9.59 Å². The van der Waals surface area contributed by atoms with E-state index in [2.05, 4.69) is 0 Å². The number of carbonyl (C=O) groups excluding carboxylic acids is 1. The van der Waals surface area contributed by atoms with Crippen molar-refractivity contribution in [2.45, 2.75) is 26.3 Å². The molecule has 0 bridgehead atoms. The average Bonchev–Trinajstić information content (AvgIpc) is 3.12. The number of carbonyl (C=O) groups is 1. The molecule has 5 nitrogen and oxygen atoms in total. The van der Waals surface area contributed by atoms with Crippen LogP contribution in [0.15, 0.2) is 63.8 Å². The van der Waals surface area contributed by atoms with E-state index in [0.717, 1.165) is 22.4 Å². The molecule has 0 radical (unpaired) electrons. The minimum absolute atomic E-state index is 0.0836. The fourth-order valence-electron chi connectivity index (χ4n) is 4.78. The Balaban J connectivity index is 1.64. The minimum Gasteiger partial charge on any atom is -0.497 e. The molecule has 1 aliphatic rings. The lowest BCUT2D eigenvalue weighted by Gasteiger charge is -2.25. The quantitative estimate of drug-likeness (QED) is 0.308. The van der Waals surface area contributed by atoms with Gasteiger partial charge in [-0.25, -0.2) is 0 Å². The fraction of sp³-hybridized carbons (Fsp3) is 0.214. The molecule has 178 valence electrons. The second-order valence-corrected chi connectivity index (χ2v) is 9.62. The lowest BCUT2D eigenvalue weighted by molar-refractivity contribution is 0.0730. The lowest BCUT2D eigenvalue weighted by atomic mass is 9.97. The number of methoxy groups -OCH3 is 1. The lowest BCUT2D eigenvalue weighted by Crippen LogP contribution is -2.31. The molecule has 0 saturated heterocycles. The summed E-state index contributed by atoms with van der Waals surface area (Å²) in [6.45, 7) is 4.19. The van der Waals surface area contributed by atoms with Crippen molar-refractivity contribution in [1.82, 2.24) is 4.90 Å². The summed E-state index contributed by atoms with van der Waals surface area (Å²) in [5.74, 6) is 0.531. The van der Waals surface area contributed by atoms with Crippen LogP contribution in [-0.4, -0.2) is 24.5 Å². The molecule has 0 N–H and O–H groups in total. The summed E-state index contributed by atoms with van der Waals surface area (Å²) in [6, 6.07) is 16.0. The number of halogens is 2. The zero-order valence-electron chi connectivity index (χ0n) is 19.5. The molecule has 0 aliphatic carbocycles. The summed E-state index contributed by atoms with van der Waals surface area (Å²) in [5.41, 5.74) is 4.09. The van der Waals surface area contributed by atoms with Crippen LogP contribution in [0.1, 0.15) is 44.4 Å². The summed E-state index contributed by atoms with van der Waals surface area (Å²) >= 11 is 12.5. The van der Waals surface area contributed by atoms with Crippen molar-refractivity contribution in [3.63, 3.8) is 0 Å².